The average molecular weight is 258 g/mol. The van der Waals surface area contributed by atoms with E-state index in [0.29, 0.717) is 23.2 Å². The molecular weight excluding hydrogens is 247 g/mol. The van der Waals surface area contributed by atoms with Crippen molar-refractivity contribution in [3.63, 3.8) is 0 Å². The number of aromatic nitrogens is 1. The van der Waals surface area contributed by atoms with Gasteiger partial charge in [-0.2, -0.15) is 0 Å². The molecule has 0 aliphatic carbocycles. The summed E-state index contributed by atoms with van der Waals surface area (Å²) in [6.45, 7) is 0.375. The van der Waals surface area contributed by atoms with Gasteiger partial charge in [0.25, 0.3) is 0 Å². The zero-order chi connectivity index (χ0) is 13.2. The highest BCUT2D eigenvalue weighted by atomic mass is 19.1. The van der Waals surface area contributed by atoms with Crippen molar-refractivity contribution >= 4 is 16.8 Å². The van der Waals surface area contributed by atoms with Gasteiger partial charge in [0.2, 0.25) is 0 Å². The summed E-state index contributed by atoms with van der Waals surface area (Å²) in [6.07, 6.45) is 0. The standard InChI is InChI=1S/C14H11FN2O2/c15-11-4-2-1-3-9(11)8-16-10-5-6-13-12(7-10)17-14(18)19-13/h1-7,16H,8H2,(H,17,18). The van der Waals surface area contributed by atoms with Crippen LogP contribution in [0.25, 0.3) is 11.1 Å². The van der Waals surface area contributed by atoms with Gasteiger partial charge in [-0.25, -0.2) is 9.18 Å². The van der Waals surface area contributed by atoms with Crippen molar-refractivity contribution in [2.75, 3.05) is 5.32 Å². The zero-order valence-corrected chi connectivity index (χ0v) is 9.94. The summed E-state index contributed by atoms with van der Waals surface area (Å²) in [5.74, 6) is -0.728. The Morgan fingerprint density at radius 3 is 2.89 bits per heavy atom. The summed E-state index contributed by atoms with van der Waals surface area (Å²) >= 11 is 0. The van der Waals surface area contributed by atoms with E-state index in [1.165, 1.54) is 6.07 Å². The molecule has 0 amide bonds. The molecule has 19 heavy (non-hydrogen) atoms. The normalized spacial score (nSPS) is 10.8. The number of halogens is 1. The van der Waals surface area contributed by atoms with Gasteiger partial charge < -0.3 is 9.73 Å². The Labute approximate surface area is 107 Å². The summed E-state index contributed by atoms with van der Waals surface area (Å²) < 4.78 is 18.4. The number of benzene rings is 2. The van der Waals surface area contributed by atoms with E-state index in [4.69, 9.17) is 4.42 Å². The van der Waals surface area contributed by atoms with Crippen molar-refractivity contribution < 1.29 is 8.81 Å². The predicted octanol–water partition coefficient (Wildman–Crippen LogP) is 2.87. The highest BCUT2D eigenvalue weighted by Gasteiger charge is 2.03. The third kappa shape index (κ3) is 2.35. The second kappa shape index (κ2) is 4.61. The third-order valence-corrected chi connectivity index (χ3v) is 2.86. The van der Waals surface area contributed by atoms with E-state index in [2.05, 4.69) is 10.3 Å². The molecule has 0 aliphatic rings. The van der Waals surface area contributed by atoms with Gasteiger partial charge in [0, 0.05) is 17.8 Å². The van der Waals surface area contributed by atoms with Crippen molar-refractivity contribution in [1.29, 1.82) is 0 Å². The highest BCUT2D eigenvalue weighted by molar-refractivity contribution is 5.76. The molecule has 0 radical (unpaired) electrons. The number of H-pyrrole nitrogens is 1. The molecule has 2 aromatic carbocycles. The first-order chi connectivity index (χ1) is 9.22. The maximum atomic E-state index is 13.4. The fraction of sp³-hybridized carbons (Fsp3) is 0.0714. The molecule has 0 fully saturated rings. The first kappa shape index (κ1) is 11.5. The summed E-state index contributed by atoms with van der Waals surface area (Å²) in [4.78, 5) is 13.6. The van der Waals surface area contributed by atoms with Crippen LogP contribution >= 0.6 is 0 Å². The maximum absolute atomic E-state index is 13.4. The molecule has 0 spiro atoms. The lowest BCUT2D eigenvalue weighted by atomic mass is 10.2. The van der Waals surface area contributed by atoms with Crippen molar-refractivity contribution in [1.82, 2.24) is 4.98 Å². The van der Waals surface area contributed by atoms with Gasteiger partial charge in [-0.15, -0.1) is 0 Å². The Morgan fingerprint density at radius 1 is 1.21 bits per heavy atom. The van der Waals surface area contributed by atoms with E-state index in [-0.39, 0.29) is 5.82 Å². The van der Waals surface area contributed by atoms with Crippen molar-refractivity contribution in [3.8, 4) is 0 Å². The molecule has 4 nitrogen and oxygen atoms in total. The van der Waals surface area contributed by atoms with Crippen LogP contribution < -0.4 is 11.1 Å². The minimum Gasteiger partial charge on any atom is -0.408 e. The molecule has 2 N–H and O–H groups in total. The summed E-state index contributed by atoms with van der Waals surface area (Å²) in [5.41, 5.74) is 2.49. The Hall–Kier alpha value is -2.56. The topological polar surface area (TPSA) is 58.0 Å². The Morgan fingerprint density at radius 2 is 2.05 bits per heavy atom. The Kier molecular flexibility index (Phi) is 2.79. The molecule has 1 aromatic heterocycles. The van der Waals surface area contributed by atoms with Gasteiger partial charge in [0.1, 0.15) is 5.82 Å². The average Bonchev–Trinajstić information content (AvgIpc) is 2.77. The number of hydrogen-bond acceptors (Lipinski definition) is 3. The first-order valence-electron chi connectivity index (χ1n) is 5.82. The molecule has 0 bridgehead atoms. The number of rotatable bonds is 3. The van der Waals surface area contributed by atoms with Gasteiger partial charge in [-0.05, 0) is 24.3 Å². The van der Waals surface area contributed by atoms with Crippen molar-refractivity contribution in [3.05, 3.63) is 64.4 Å². The monoisotopic (exact) mass is 258 g/mol. The molecule has 3 rings (SSSR count). The summed E-state index contributed by atoms with van der Waals surface area (Å²) in [7, 11) is 0. The smallest absolute Gasteiger partial charge is 0.408 e. The SMILES string of the molecule is O=c1[nH]c2cc(NCc3ccccc3F)ccc2o1. The molecule has 1 heterocycles. The molecule has 0 aliphatic heterocycles. The molecule has 96 valence electrons. The van der Waals surface area contributed by atoms with Crippen LogP contribution in [0, 0.1) is 5.82 Å². The number of hydrogen-bond donors (Lipinski definition) is 2. The van der Waals surface area contributed by atoms with E-state index in [1.54, 1.807) is 36.4 Å². The van der Waals surface area contributed by atoms with Crippen LogP contribution in [0.1, 0.15) is 5.56 Å². The van der Waals surface area contributed by atoms with Crippen LogP contribution in [-0.4, -0.2) is 4.98 Å². The number of aromatic amines is 1. The fourth-order valence-corrected chi connectivity index (χ4v) is 1.90. The third-order valence-electron chi connectivity index (χ3n) is 2.86. The number of anilines is 1. The van der Waals surface area contributed by atoms with Gasteiger partial charge >= 0.3 is 5.76 Å². The molecule has 5 heteroatoms. The van der Waals surface area contributed by atoms with Gasteiger partial charge in [-0.3, -0.25) is 4.98 Å². The lowest BCUT2D eigenvalue weighted by Gasteiger charge is -2.07. The van der Waals surface area contributed by atoms with Crippen molar-refractivity contribution in [2.24, 2.45) is 0 Å². The molecule has 0 atom stereocenters. The molecular formula is C14H11FN2O2. The largest absolute Gasteiger partial charge is 0.417 e. The van der Waals surface area contributed by atoms with Crippen LogP contribution in [0.2, 0.25) is 0 Å². The zero-order valence-electron chi connectivity index (χ0n) is 9.94. The second-order valence-corrected chi connectivity index (χ2v) is 4.17. The van der Waals surface area contributed by atoms with Gasteiger partial charge in [-0.1, -0.05) is 18.2 Å². The summed E-state index contributed by atoms with van der Waals surface area (Å²) in [5, 5.41) is 3.10. The van der Waals surface area contributed by atoms with E-state index < -0.39 is 5.76 Å². The van der Waals surface area contributed by atoms with Crippen LogP contribution in [-0.2, 0) is 6.54 Å². The number of nitrogens with one attached hydrogen (secondary N) is 2. The van der Waals surface area contributed by atoms with E-state index in [1.807, 2.05) is 0 Å². The molecule has 0 saturated carbocycles. The molecule has 3 aromatic rings. The van der Waals surface area contributed by atoms with Crippen LogP contribution in [0.4, 0.5) is 10.1 Å². The summed E-state index contributed by atoms with van der Waals surface area (Å²) in [6, 6.07) is 11.8. The molecule has 0 unspecified atom stereocenters. The van der Waals surface area contributed by atoms with E-state index >= 15 is 0 Å². The lowest BCUT2D eigenvalue weighted by molar-refractivity contribution is 0.555. The Balaban J connectivity index is 1.82. The molecule has 0 saturated heterocycles. The van der Waals surface area contributed by atoms with E-state index in [9.17, 15) is 9.18 Å². The highest BCUT2D eigenvalue weighted by Crippen LogP contribution is 2.17. The van der Waals surface area contributed by atoms with Crippen molar-refractivity contribution in [2.45, 2.75) is 6.54 Å². The maximum Gasteiger partial charge on any atom is 0.417 e. The number of fused-ring (bicyclic) bond motifs is 1. The van der Waals surface area contributed by atoms with Gasteiger partial charge in [0.15, 0.2) is 5.58 Å². The van der Waals surface area contributed by atoms with Crippen LogP contribution in [0.5, 0.6) is 0 Å². The van der Waals surface area contributed by atoms with Crippen LogP contribution in [0.15, 0.2) is 51.7 Å². The minimum atomic E-state index is -0.485. The Bertz CT molecular complexity index is 776. The second-order valence-electron chi connectivity index (χ2n) is 4.17. The van der Waals surface area contributed by atoms with Gasteiger partial charge in [0.05, 0.1) is 5.52 Å². The lowest BCUT2D eigenvalue weighted by Crippen LogP contribution is -2.01. The van der Waals surface area contributed by atoms with E-state index in [0.717, 1.165) is 5.69 Å². The predicted molar refractivity (Wildman–Crippen MR) is 70.6 cm³/mol. The first-order valence-corrected chi connectivity index (χ1v) is 5.82. The van der Waals surface area contributed by atoms with Crippen LogP contribution in [0.3, 0.4) is 0 Å². The quantitative estimate of drug-likeness (QED) is 0.759. The number of oxazole rings is 1. The fourth-order valence-electron chi connectivity index (χ4n) is 1.90. The minimum absolute atomic E-state index is 0.243.